The second-order valence-corrected chi connectivity index (χ2v) is 13.3. The highest BCUT2D eigenvalue weighted by molar-refractivity contribution is 6.41. The minimum absolute atomic E-state index is 0.169. The third-order valence-corrected chi connectivity index (χ3v) is 8.29. The zero-order valence-corrected chi connectivity index (χ0v) is 32.1. The van der Waals surface area contributed by atoms with Gasteiger partial charge in [-0.05, 0) is 81.1 Å². The lowest BCUT2D eigenvalue weighted by Crippen LogP contribution is -2.39. The molecule has 0 radical (unpaired) electrons. The quantitative estimate of drug-likeness (QED) is 0.0400. The smallest absolute Gasteiger partial charge is 0.458 e. The van der Waals surface area contributed by atoms with E-state index in [1.54, 1.807) is 19.2 Å². The molecule has 2 heterocycles. The number of hydrogen-bond donors (Lipinski definition) is 3. The second kappa shape index (κ2) is 21.7. The molecule has 56 heavy (non-hydrogen) atoms. The maximum absolute atomic E-state index is 12.1. The number of amides is 1. The lowest BCUT2D eigenvalue weighted by Gasteiger charge is -2.15. The Hall–Kier alpha value is -5.32. The highest BCUT2D eigenvalue weighted by Crippen LogP contribution is 2.26. The molecule has 4 aromatic rings. The van der Waals surface area contributed by atoms with E-state index in [1.165, 1.54) is 39.4 Å². The van der Waals surface area contributed by atoms with Crippen LogP contribution in [0.1, 0.15) is 60.9 Å². The number of aromatic nitrogens is 2. The van der Waals surface area contributed by atoms with Crippen molar-refractivity contribution in [1.29, 1.82) is 0 Å². The summed E-state index contributed by atoms with van der Waals surface area (Å²) in [5, 5.41) is 14.0. The first-order valence-electron chi connectivity index (χ1n) is 17.8. The molecule has 0 saturated carbocycles. The van der Waals surface area contributed by atoms with Crippen LogP contribution in [0.3, 0.4) is 0 Å². The number of carboxylic acid groups (broad SMARTS) is 1. The van der Waals surface area contributed by atoms with Gasteiger partial charge < -0.3 is 26.0 Å². The van der Waals surface area contributed by atoms with Crippen molar-refractivity contribution >= 4 is 56.6 Å². The van der Waals surface area contributed by atoms with Crippen LogP contribution in [0, 0.1) is 6.92 Å². The SMILES string of the molecule is CN(C)c1ccc2cc3ccc(N(C)C)cc3[n+](CCCCCC(=O)NCCCCCN)c2c1.Cc1cncc(C(=O)O)c1.O=C(C(=O)C(F)(F)F)C(F)(F)F. The van der Waals surface area contributed by atoms with Crippen LogP contribution in [0.4, 0.5) is 37.7 Å². The van der Waals surface area contributed by atoms with Gasteiger partial charge in [0.25, 0.3) is 0 Å². The van der Waals surface area contributed by atoms with Gasteiger partial charge in [-0.1, -0.05) is 6.42 Å². The fourth-order valence-electron chi connectivity index (χ4n) is 5.29. The summed E-state index contributed by atoms with van der Waals surface area (Å²) in [5.74, 6) is -7.58. The Morgan fingerprint density at radius 2 is 1.25 bits per heavy atom. The average Bonchev–Trinajstić information content (AvgIpc) is 3.12. The third kappa shape index (κ3) is 15.1. The van der Waals surface area contributed by atoms with Gasteiger partial charge in [0.05, 0.1) is 5.56 Å². The number of unbranched alkanes of at least 4 members (excludes halogenated alkanes) is 4. The van der Waals surface area contributed by atoms with Crippen LogP contribution in [-0.2, 0) is 20.9 Å². The largest absolute Gasteiger partial charge is 0.478 e. The average molecular weight is 796 g/mol. The molecule has 4 N–H and O–H groups in total. The number of hydrogen-bond acceptors (Lipinski definition) is 8. The van der Waals surface area contributed by atoms with Crippen molar-refractivity contribution in [3.8, 4) is 0 Å². The van der Waals surface area contributed by atoms with E-state index < -0.39 is 29.9 Å². The first-order chi connectivity index (χ1) is 26.2. The molecular weight excluding hydrogens is 746 g/mol. The van der Waals surface area contributed by atoms with Gasteiger partial charge in [-0.3, -0.25) is 19.4 Å². The van der Waals surface area contributed by atoms with E-state index in [2.05, 4.69) is 95.3 Å². The number of nitrogens with two attached hydrogens (primary N) is 1. The standard InChI is InChI=1S/C28H41N5O.C7H7NO2.C4F6O2/c1-31(2)24-14-12-22-19-23-13-15-25(32(3)4)21-27(23)33(26(22)20-24)18-10-5-7-11-28(34)30-17-9-6-8-16-29;1-5-2-6(7(9)10)4-8-3-5;5-3(6,7)1(11)2(12)4(8,9)10/h12-15,19-21H,5-11,16-18,29H2,1-4H3;2-4H,1H3,(H,9,10);/p+1. The Morgan fingerprint density at radius 1 is 0.732 bits per heavy atom. The number of anilines is 2. The predicted molar refractivity (Wildman–Crippen MR) is 203 cm³/mol. The molecule has 4 rings (SSSR count). The number of alkyl halides is 6. The molecule has 0 aliphatic carbocycles. The molecule has 0 unspecified atom stereocenters. The number of rotatable bonds is 15. The van der Waals surface area contributed by atoms with E-state index in [-0.39, 0.29) is 11.5 Å². The van der Waals surface area contributed by atoms with Gasteiger partial charge in [0.2, 0.25) is 16.9 Å². The lowest BCUT2D eigenvalue weighted by atomic mass is 10.1. The summed E-state index contributed by atoms with van der Waals surface area (Å²) in [6, 6.07) is 17.2. The van der Waals surface area contributed by atoms with Gasteiger partial charge >= 0.3 is 29.9 Å². The van der Waals surface area contributed by atoms with E-state index in [1.807, 2.05) is 0 Å². The van der Waals surface area contributed by atoms with Crippen LogP contribution >= 0.6 is 0 Å². The fourth-order valence-corrected chi connectivity index (χ4v) is 5.29. The normalized spacial score (nSPS) is 11.2. The number of Topliss-reactive ketones (excluding diaryl/α,β-unsaturated/α-hetero) is 2. The highest BCUT2D eigenvalue weighted by atomic mass is 19.4. The number of pyridine rings is 2. The summed E-state index contributed by atoms with van der Waals surface area (Å²) in [6.07, 6.45) is -1.87. The summed E-state index contributed by atoms with van der Waals surface area (Å²) in [4.78, 5) is 49.7. The lowest BCUT2D eigenvalue weighted by molar-refractivity contribution is -0.645. The number of nitrogens with one attached hydrogen (secondary N) is 1. The Kier molecular flexibility index (Phi) is 18.1. The number of halogens is 6. The third-order valence-electron chi connectivity index (χ3n) is 8.29. The van der Waals surface area contributed by atoms with Crippen LogP contribution in [0.15, 0.2) is 60.9 Å². The van der Waals surface area contributed by atoms with Gasteiger partial charge in [0.1, 0.15) is 6.54 Å². The van der Waals surface area contributed by atoms with E-state index in [0.29, 0.717) is 6.42 Å². The van der Waals surface area contributed by atoms with Gasteiger partial charge in [-0.15, -0.1) is 0 Å². The maximum atomic E-state index is 12.1. The summed E-state index contributed by atoms with van der Waals surface area (Å²) < 4.78 is 69.4. The number of benzene rings is 2. The molecular formula is C39H49F6N6O5+. The highest BCUT2D eigenvalue weighted by Gasteiger charge is 2.54. The summed E-state index contributed by atoms with van der Waals surface area (Å²) >= 11 is 0. The Bertz CT molecular complexity index is 1860. The van der Waals surface area contributed by atoms with Gasteiger partial charge in [0, 0.05) is 94.3 Å². The maximum Gasteiger partial charge on any atom is 0.458 e. The van der Waals surface area contributed by atoms with Crippen LogP contribution in [0.25, 0.3) is 21.8 Å². The number of nitrogens with zero attached hydrogens (tertiary/aromatic N) is 4. The first-order valence-corrected chi connectivity index (χ1v) is 17.8. The molecule has 0 spiro atoms. The van der Waals surface area contributed by atoms with Crippen LogP contribution in [0.2, 0.25) is 0 Å². The molecule has 11 nitrogen and oxygen atoms in total. The van der Waals surface area contributed by atoms with Crippen molar-refractivity contribution in [2.75, 3.05) is 51.1 Å². The number of aromatic carboxylic acids is 1. The number of carbonyl (C=O) groups excluding carboxylic acids is 3. The minimum atomic E-state index is -5.77. The van der Waals surface area contributed by atoms with Crippen molar-refractivity contribution in [2.24, 2.45) is 5.73 Å². The molecule has 17 heteroatoms. The van der Waals surface area contributed by atoms with Crippen molar-refractivity contribution in [2.45, 2.75) is 70.8 Å². The molecule has 0 aliphatic rings. The summed E-state index contributed by atoms with van der Waals surface area (Å²) in [7, 11) is 8.33. The molecule has 0 aliphatic heterocycles. The van der Waals surface area contributed by atoms with E-state index >= 15 is 0 Å². The Morgan fingerprint density at radius 3 is 1.68 bits per heavy atom. The van der Waals surface area contributed by atoms with Crippen molar-refractivity contribution in [3.63, 3.8) is 0 Å². The van der Waals surface area contributed by atoms with Crippen LogP contribution in [0.5, 0.6) is 0 Å². The number of aryl methyl sites for hydroxylation is 2. The molecule has 0 saturated heterocycles. The predicted octanol–water partition coefficient (Wildman–Crippen LogP) is 6.56. The number of fused-ring (bicyclic) bond motifs is 2. The topological polar surface area (TPSA) is 150 Å². The molecule has 2 aromatic heterocycles. The summed E-state index contributed by atoms with van der Waals surface area (Å²) in [6.45, 7) is 4.23. The molecule has 0 bridgehead atoms. The number of ketones is 2. The molecule has 0 fully saturated rings. The number of carbonyl (C=O) groups is 4. The Balaban J connectivity index is 0.000000400. The fraction of sp³-hybridized carbons (Fsp3) is 0.436. The zero-order valence-electron chi connectivity index (χ0n) is 32.1. The van der Waals surface area contributed by atoms with Crippen molar-refractivity contribution < 1.29 is 55.2 Å². The summed E-state index contributed by atoms with van der Waals surface area (Å²) in [5.41, 5.74) is 11.5. The first kappa shape index (κ1) is 46.8. The molecule has 1 amide bonds. The monoisotopic (exact) mass is 795 g/mol. The zero-order chi connectivity index (χ0) is 42.2. The second-order valence-electron chi connectivity index (χ2n) is 13.3. The van der Waals surface area contributed by atoms with Crippen molar-refractivity contribution in [3.05, 3.63) is 72.1 Å². The van der Waals surface area contributed by atoms with Crippen molar-refractivity contribution in [1.82, 2.24) is 10.3 Å². The van der Waals surface area contributed by atoms with Gasteiger partial charge in [0.15, 0.2) is 0 Å². The molecule has 0 atom stereocenters. The molecule has 306 valence electrons. The number of carboxylic acids is 1. The van der Waals surface area contributed by atoms with E-state index in [9.17, 15) is 45.5 Å². The molecule has 2 aromatic carbocycles. The van der Waals surface area contributed by atoms with Gasteiger partial charge in [-0.2, -0.15) is 30.9 Å². The van der Waals surface area contributed by atoms with Gasteiger partial charge in [-0.25, -0.2) is 4.79 Å². The minimum Gasteiger partial charge on any atom is -0.478 e. The van der Waals surface area contributed by atoms with E-state index in [0.717, 1.165) is 63.7 Å². The van der Waals surface area contributed by atoms with Crippen LogP contribution < -0.4 is 25.4 Å². The van der Waals surface area contributed by atoms with Crippen LogP contribution in [-0.4, -0.2) is 87.2 Å². The Labute approximate surface area is 321 Å². The van der Waals surface area contributed by atoms with E-state index in [4.69, 9.17) is 10.8 Å².